The number of hydrogen-bond donors (Lipinski definition) is 2. The lowest BCUT2D eigenvalue weighted by Gasteiger charge is -2.22. The van der Waals surface area contributed by atoms with Crippen LogP contribution in [-0.2, 0) is 0 Å². The number of pyridine rings is 1. The van der Waals surface area contributed by atoms with Crippen LogP contribution in [0.25, 0.3) is 11.6 Å². The summed E-state index contributed by atoms with van der Waals surface area (Å²) in [4.78, 5) is 8.48. The van der Waals surface area contributed by atoms with E-state index < -0.39 is 0 Å². The Kier molecular flexibility index (Phi) is 3.61. The maximum absolute atomic E-state index is 10.1. The van der Waals surface area contributed by atoms with Gasteiger partial charge in [0.1, 0.15) is 0 Å². The summed E-state index contributed by atoms with van der Waals surface area (Å²) in [6.45, 7) is 0. The zero-order valence-electron chi connectivity index (χ0n) is 12.8. The van der Waals surface area contributed by atoms with Gasteiger partial charge in [-0.2, -0.15) is 0 Å². The summed E-state index contributed by atoms with van der Waals surface area (Å²) in [5.74, 6) is 1.91. The van der Waals surface area contributed by atoms with Crippen molar-refractivity contribution in [3.8, 4) is 5.75 Å². The van der Waals surface area contributed by atoms with Crippen LogP contribution >= 0.6 is 0 Å². The normalized spacial score (nSPS) is 19.2. The minimum absolute atomic E-state index is 0.140. The molecule has 2 N–H and O–H groups in total. The predicted molar refractivity (Wildman–Crippen MR) is 91.1 cm³/mol. The smallest absolute Gasteiger partial charge is 0.197 e. The van der Waals surface area contributed by atoms with Crippen LogP contribution in [0, 0.1) is 0 Å². The first kappa shape index (κ1) is 14.1. The Balaban J connectivity index is 1.56. The summed E-state index contributed by atoms with van der Waals surface area (Å²) in [6, 6.07) is 5.92. The van der Waals surface area contributed by atoms with Crippen LogP contribution in [0.15, 0.2) is 33.8 Å². The molecule has 4 rings (SSSR count). The molecule has 1 aliphatic carbocycles. The summed E-state index contributed by atoms with van der Waals surface area (Å²) < 4.78 is 5.77. The number of aromatic hydroxyl groups is 1. The van der Waals surface area contributed by atoms with Crippen molar-refractivity contribution in [1.29, 1.82) is 0 Å². The Morgan fingerprint density at radius 1 is 1.26 bits per heavy atom. The van der Waals surface area contributed by atoms with Crippen molar-refractivity contribution in [1.82, 2.24) is 4.98 Å². The number of rotatable bonds is 3. The number of aliphatic imine (C=N–C) groups is 1. The molecule has 1 fully saturated rings. The third-order valence-corrected chi connectivity index (χ3v) is 4.40. The van der Waals surface area contributed by atoms with Gasteiger partial charge in [-0.1, -0.05) is 19.3 Å². The Bertz CT molecular complexity index is 770. The van der Waals surface area contributed by atoms with E-state index in [-0.39, 0.29) is 5.75 Å². The zero-order valence-corrected chi connectivity index (χ0v) is 12.8. The molecule has 2 aromatic rings. The van der Waals surface area contributed by atoms with Crippen LogP contribution in [0.3, 0.4) is 0 Å². The summed E-state index contributed by atoms with van der Waals surface area (Å²) >= 11 is 0. The minimum Gasteiger partial charge on any atom is -0.504 e. The molecule has 0 amide bonds. The van der Waals surface area contributed by atoms with Crippen molar-refractivity contribution in [2.75, 3.05) is 5.32 Å². The fraction of sp³-hybridized carbons (Fsp3) is 0.333. The number of nitrogens with zero attached hydrogens (tertiary/aromatic N) is 2. The van der Waals surface area contributed by atoms with Crippen molar-refractivity contribution in [3.63, 3.8) is 0 Å². The molecular weight excluding hydrogens is 290 g/mol. The van der Waals surface area contributed by atoms with Crippen molar-refractivity contribution >= 4 is 29.6 Å². The number of fused-ring (bicyclic) bond motifs is 1. The number of anilines is 1. The van der Waals surface area contributed by atoms with Crippen LogP contribution in [0.2, 0.25) is 0 Å². The summed E-state index contributed by atoms with van der Waals surface area (Å²) in [7, 11) is 0. The molecule has 2 aliphatic rings. The van der Waals surface area contributed by atoms with Gasteiger partial charge in [0.05, 0.1) is 0 Å². The summed E-state index contributed by atoms with van der Waals surface area (Å²) in [5.41, 5.74) is 1.84. The predicted octanol–water partition coefficient (Wildman–Crippen LogP) is 4.38. The molecule has 3 heterocycles. The molecule has 23 heavy (non-hydrogen) atoms. The quantitative estimate of drug-likeness (QED) is 0.882. The lowest BCUT2D eigenvalue weighted by molar-refractivity contribution is 0.442. The SMILES string of the molecule is Oc1cc(NC2CCCCC2)oc1C=C1C=Nc2ncccc21. The highest BCUT2D eigenvalue weighted by Gasteiger charge is 2.18. The van der Waals surface area contributed by atoms with Gasteiger partial charge in [-0.15, -0.1) is 0 Å². The first-order valence-electron chi connectivity index (χ1n) is 8.10. The van der Waals surface area contributed by atoms with E-state index in [9.17, 15) is 5.11 Å². The molecule has 118 valence electrons. The fourth-order valence-electron chi connectivity index (χ4n) is 3.20. The van der Waals surface area contributed by atoms with Crippen LogP contribution in [-0.4, -0.2) is 22.3 Å². The van der Waals surface area contributed by atoms with Crippen LogP contribution in [0.1, 0.15) is 43.4 Å². The number of furan rings is 1. The van der Waals surface area contributed by atoms with E-state index in [2.05, 4.69) is 15.3 Å². The molecule has 0 spiro atoms. The second kappa shape index (κ2) is 5.91. The molecule has 0 unspecified atom stereocenters. The maximum atomic E-state index is 10.1. The molecule has 1 aliphatic heterocycles. The topological polar surface area (TPSA) is 70.7 Å². The van der Waals surface area contributed by atoms with Gasteiger partial charge in [0.25, 0.3) is 0 Å². The van der Waals surface area contributed by atoms with E-state index in [0.717, 1.165) is 24.0 Å². The third-order valence-electron chi connectivity index (χ3n) is 4.40. The highest BCUT2D eigenvalue weighted by molar-refractivity contribution is 6.20. The molecule has 0 aromatic carbocycles. The largest absolute Gasteiger partial charge is 0.504 e. The number of allylic oxidation sites excluding steroid dienone is 1. The second-order valence-electron chi connectivity index (χ2n) is 6.07. The maximum Gasteiger partial charge on any atom is 0.197 e. The van der Waals surface area contributed by atoms with E-state index >= 15 is 0 Å². The molecule has 0 bridgehead atoms. The fourth-order valence-corrected chi connectivity index (χ4v) is 3.20. The van der Waals surface area contributed by atoms with E-state index in [1.54, 1.807) is 24.6 Å². The Hall–Kier alpha value is -2.56. The van der Waals surface area contributed by atoms with E-state index in [1.165, 1.54) is 19.3 Å². The van der Waals surface area contributed by atoms with Gasteiger partial charge < -0.3 is 14.8 Å². The average Bonchev–Trinajstić information content (AvgIpc) is 3.13. The monoisotopic (exact) mass is 309 g/mol. The van der Waals surface area contributed by atoms with Crippen molar-refractivity contribution < 1.29 is 9.52 Å². The van der Waals surface area contributed by atoms with E-state index in [4.69, 9.17) is 4.42 Å². The van der Waals surface area contributed by atoms with Gasteiger partial charge in [0.15, 0.2) is 23.2 Å². The van der Waals surface area contributed by atoms with Gasteiger partial charge in [0.2, 0.25) is 0 Å². The van der Waals surface area contributed by atoms with Gasteiger partial charge in [-0.05, 0) is 31.1 Å². The van der Waals surface area contributed by atoms with Crippen LogP contribution < -0.4 is 5.32 Å². The molecule has 0 saturated heterocycles. The van der Waals surface area contributed by atoms with Crippen LogP contribution in [0.5, 0.6) is 5.75 Å². The molecular formula is C18H19N3O2. The number of hydrogen-bond acceptors (Lipinski definition) is 5. The molecule has 2 aromatic heterocycles. The second-order valence-corrected chi connectivity index (χ2v) is 6.07. The first-order chi connectivity index (χ1) is 11.3. The lowest BCUT2D eigenvalue weighted by Crippen LogP contribution is -2.21. The molecule has 5 heteroatoms. The number of nitrogens with one attached hydrogen (secondary N) is 1. The third kappa shape index (κ3) is 2.86. The van der Waals surface area contributed by atoms with Crippen molar-refractivity contribution in [2.45, 2.75) is 38.1 Å². The summed E-state index contributed by atoms with van der Waals surface area (Å²) in [6.07, 6.45) is 11.4. The Morgan fingerprint density at radius 3 is 3.00 bits per heavy atom. The highest BCUT2D eigenvalue weighted by Crippen LogP contribution is 2.34. The van der Waals surface area contributed by atoms with Crippen molar-refractivity contribution in [2.24, 2.45) is 4.99 Å². The number of aromatic nitrogens is 1. The molecule has 5 nitrogen and oxygen atoms in total. The van der Waals surface area contributed by atoms with Gasteiger partial charge >= 0.3 is 0 Å². The van der Waals surface area contributed by atoms with Gasteiger partial charge in [-0.3, -0.25) is 0 Å². The van der Waals surface area contributed by atoms with E-state index in [0.29, 0.717) is 23.5 Å². The van der Waals surface area contributed by atoms with Gasteiger partial charge in [-0.25, -0.2) is 9.98 Å². The van der Waals surface area contributed by atoms with Crippen molar-refractivity contribution in [3.05, 3.63) is 35.7 Å². The average molecular weight is 309 g/mol. The Labute approximate surface area is 134 Å². The van der Waals surface area contributed by atoms with Gasteiger partial charge in [0, 0.05) is 35.7 Å². The lowest BCUT2D eigenvalue weighted by atomic mass is 9.96. The zero-order chi connectivity index (χ0) is 15.6. The molecule has 0 radical (unpaired) electrons. The molecule has 1 saturated carbocycles. The van der Waals surface area contributed by atoms with Crippen LogP contribution in [0.4, 0.5) is 11.7 Å². The highest BCUT2D eigenvalue weighted by atomic mass is 16.4. The summed E-state index contributed by atoms with van der Waals surface area (Å²) in [5, 5.41) is 13.5. The van der Waals surface area contributed by atoms with E-state index in [1.807, 2.05) is 12.1 Å². The Morgan fingerprint density at radius 2 is 2.13 bits per heavy atom. The molecule has 0 atom stereocenters. The first-order valence-corrected chi connectivity index (χ1v) is 8.10. The minimum atomic E-state index is 0.140. The standard InChI is InChI=1S/C18H19N3O2/c22-15-10-17(21-13-5-2-1-3-6-13)23-16(15)9-12-11-20-18-14(12)7-4-8-19-18/h4,7-11,13,21-22H,1-3,5-6H2.